The van der Waals surface area contributed by atoms with Crippen LogP contribution in [0.2, 0.25) is 0 Å². The number of aliphatic hydroxyl groups excluding tert-OH is 1. The van der Waals surface area contributed by atoms with E-state index in [0.29, 0.717) is 6.04 Å². The average molecular weight is 184 g/mol. The number of hydrogen-bond acceptors (Lipinski definition) is 3. The molecule has 3 heteroatoms. The topological polar surface area (TPSA) is 49.5 Å². The van der Waals surface area contributed by atoms with Crippen LogP contribution in [0.3, 0.4) is 0 Å². The van der Waals surface area contributed by atoms with Gasteiger partial charge < -0.3 is 10.8 Å². The van der Waals surface area contributed by atoms with Gasteiger partial charge in [0.2, 0.25) is 0 Å². The van der Waals surface area contributed by atoms with E-state index < -0.39 is 0 Å². The fourth-order valence-electron chi connectivity index (χ4n) is 2.59. The third-order valence-electron chi connectivity index (χ3n) is 3.45. The second-order valence-corrected chi connectivity index (χ2v) is 4.48. The molecule has 0 aromatic heterocycles. The summed E-state index contributed by atoms with van der Waals surface area (Å²) in [5.41, 5.74) is 5.78. The van der Waals surface area contributed by atoms with E-state index >= 15 is 0 Å². The number of nitrogens with two attached hydrogens (primary N) is 1. The van der Waals surface area contributed by atoms with E-state index in [2.05, 4.69) is 4.90 Å². The summed E-state index contributed by atoms with van der Waals surface area (Å²) in [5.74, 6) is 0. The molecule has 3 nitrogen and oxygen atoms in total. The highest BCUT2D eigenvalue weighted by atomic mass is 16.3. The van der Waals surface area contributed by atoms with Crippen LogP contribution in [0.15, 0.2) is 0 Å². The molecule has 1 aliphatic heterocycles. The quantitative estimate of drug-likeness (QED) is 0.617. The lowest BCUT2D eigenvalue weighted by Crippen LogP contribution is -2.36. The Hall–Kier alpha value is -0.120. The molecule has 0 amide bonds. The largest absolute Gasteiger partial charge is 0.390 e. The maximum absolute atomic E-state index is 9.53. The molecule has 0 radical (unpaired) electrons. The summed E-state index contributed by atoms with van der Waals surface area (Å²) in [6, 6.07) is 0.693. The van der Waals surface area contributed by atoms with E-state index in [0.717, 1.165) is 13.1 Å². The molecular weight excluding hydrogens is 164 g/mol. The van der Waals surface area contributed by atoms with Gasteiger partial charge in [-0.25, -0.2) is 0 Å². The van der Waals surface area contributed by atoms with Gasteiger partial charge in [-0.15, -0.1) is 0 Å². The summed E-state index contributed by atoms with van der Waals surface area (Å²) in [6.07, 6.45) is 6.42. The van der Waals surface area contributed by atoms with Crippen molar-refractivity contribution in [1.29, 1.82) is 0 Å². The van der Waals surface area contributed by atoms with E-state index in [1.807, 2.05) is 0 Å². The molecule has 0 spiro atoms. The first-order chi connectivity index (χ1) is 6.27. The molecule has 1 heterocycles. The molecule has 76 valence electrons. The first kappa shape index (κ1) is 9.44. The lowest BCUT2D eigenvalue weighted by atomic mass is 9.94. The summed E-state index contributed by atoms with van der Waals surface area (Å²) < 4.78 is 0. The van der Waals surface area contributed by atoms with E-state index in [9.17, 15) is 5.11 Å². The van der Waals surface area contributed by atoms with E-state index in [-0.39, 0.29) is 12.1 Å². The van der Waals surface area contributed by atoms with Crippen molar-refractivity contribution in [3.05, 3.63) is 0 Å². The van der Waals surface area contributed by atoms with Gasteiger partial charge in [-0.1, -0.05) is 19.3 Å². The first-order valence-corrected chi connectivity index (χ1v) is 5.45. The molecule has 2 atom stereocenters. The molecule has 13 heavy (non-hydrogen) atoms. The van der Waals surface area contributed by atoms with Gasteiger partial charge in [0.25, 0.3) is 0 Å². The number of β-amino-alcohol motifs (C(OH)–C–C–N with tert-alkyl or cyclic N) is 1. The summed E-state index contributed by atoms with van der Waals surface area (Å²) >= 11 is 0. The van der Waals surface area contributed by atoms with Crippen molar-refractivity contribution >= 4 is 0 Å². The minimum absolute atomic E-state index is 0.0121. The molecule has 0 aromatic carbocycles. The summed E-state index contributed by atoms with van der Waals surface area (Å²) in [6.45, 7) is 1.69. The summed E-state index contributed by atoms with van der Waals surface area (Å²) in [5, 5.41) is 9.53. The standard InChI is InChI=1S/C10H20N2O/c11-9-6-12(7-10(9)13)8-4-2-1-3-5-8/h8-10,13H,1-7,11H2/t9-,10+/m1/s1. The maximum Gasteiger partial charge on any atom is 0.0830 e. The zero-order valence-corrected chi connectivity index (χ0v) is 8.15. The highest BCUT2D eigenvalue weighted by Gasteiger charge is 2.32. The Morgan fingerprint density at radius 2 is 1.77 bits per heavy atom. The van der Waals surface area contributed by atoms with Crippen LogP contribution >= 0.6 is 0 Å². The molecule has 2 aliphatic rings. The number of rotatable bonds is 1. The smallest absolute Gasteiger partial charge is 0.0830 e. The highest BCUT2D eigenvalue weighted by molar-refractivity contribution is 4.90. The monoisotopic (exact) mass is 184 g/mol. The van der Waals surface area contributed by atoms with Gasteiger partial charge in [0, 0.05) is 25.2 Å². The van der Waals surface area contributed by atoms with E-state index in [1.165, 1.54) is 32.1 Å². The Balaban J connectivity index is 1.87. The predicted molar refractivity (Wildman–Crippen MR) is 52.4 cm³/mol. The Bertz CT molecular complexity index is 158. The molecule has 1 saturated heterocycles. The lowest BCUT2D eigenvalue weighted by molar-refractivity contribution is 0.139. The first-order valence-electron chi connectivity index (χ1n) is 5.45. The molecular formula is C10H20N2O. The Labute approximate surface area is 79.9 Å². The third-order valence-corrected chi connectivity index (χ3v) is 3.45. The summed E-state index contributed by atoms with van der Waals surface area (Å²) in [4.78, 5) is 2.38. The molecule has 2 rings (SSSR count). The molecule has 1 saturated carbocycles. The number of likely N-dealkylation sites (tertiary alicyclic amines) is 1. The highest BCUT2D eigenvalue weighted by Crippen LogP contribution is 2.25. The minimum Gasteiger partial charge on any atom is -0.390 e. The fraction of sp³-hybridized carbons (Fsp3) is 1.00. The van der Waals surface area contributed by atoms with Crippen LogP contribution in [-0.2, 0) is 0 Å². The van der Waals surface area contributed by atoms with Crippen LogP contribution in [0, 0.1) is 0 Å². The summed E-state index contributed by atoms with van der Waals surface area (Å²) in [7, 11) is 0. The van der Waals surface area contributed by atoms with Crippen LogP contribution in [0.1, 0.15) is 32.1 Å². The molecule has 3 N–H and O–H groups in total. The lowest BCUT2D eigenvalue weighted by Gasteiger charge is -2.30. The van der Waals surface area contributed by atoms with Gasteiger partial charge in [0.15, 0.2) is 0 Å². The minimum atomic E-state index is -0.290. The van der Waals surface area contributed by atoms with Crippen molar-refractivity contribution in [3.8, 4) is 0 Å². The third kappa shape index (κ3) is 2.03. The van der Waals surface area contributed by atoms with Crippen LogP contribution in [0.4, 0.5) is 0 Å². The number of nitrogens with zero attached hydrogens (tertiary/aromatic N) is 1. The number of hydrogen-bond donors (Lipinski definition) is 2. The van der Waals surface area contributed by atoms with Gasteiger partial charge in [0.1, 0.15) is 0 Å². The normalized spacial score (nSPS) is 38.3. The van der Waals surface area contributed by atoms with Crippen LogP contribution in [0.5, 0.6) is 0 Å². The van der Waals surface area contributed by atoms with Crippen molar-refractivity contribution in [1.82, 2.24) is 4.90 Å². The van der Waals surface area contributed by atoms with E-state index in [1.54, 1.807) is 0 Å². The molecule has 0 bridgehead atoms. The number of aliphatic hydroxyl groups is 1. The van der Waals surface area contributed by atoms with Crippen LogP contribution in [-0.4, -0.2) is 41.3 Å². The predicted octanol–water partition coefficient (Wildman–Crippen LogP) is 0.323. The van der Waals surface area contributed by atoms with Crippen molar-refractivity contribution in [2.75, 3.05) is 13.1 Å². The van der Waals surface area contributed by atoms with Crippen LogP contribution < -0.4 is 5.73 Å². The van der Waals surface area contributed by atoms with Crippen molar-refractivity contribution < 1.29 is 5.11 Å². The second kappa shape index (κ2) is 3.95. The molecule has 1 aliphatic carbocycles. The fourth-order valence-corrected chi connectivity index (χ4v) is 2.59. The molecule has 2 fully saturated rings. The average Bonchev–Trinajstić information content (AvgIpc) is 2.49. The Morgan fingerprint density at radius 3 is 2.31 bits per heavy atom. The van der Waals surface area contributed by atoms with Gasteiger partial charge >= 0.3 is 0 Å². The zero-order valence-electron chi connectivity index (χ0n) is 8.15. The van der Waals surface area contributed by atoms with Crippen molar-refractivity contribution in [2.45, 2.75) is 50.3 Å². The Kier molecular flexibility index (Phi) is 2.86. The van der Waals surface area contributed by atoms with Gasteiger partial charge in [-0.2, -0.15) is 0 Å². The second-order valence-electron chi connectivity index (χ2n) is 4.48. The van der Waals surface area contributed by atoms with Gasteiger partial charge in [0.05, 0.1) is 6.10 Å². The Morgan fingerprint density at radius 1 is 1.08 bits per heavy atom. The maximum atomic E-state index is 9.53. The van der Waals surface area contributed by atoms with Gasteiger partial charge in [-0.05, 0) is 12.8 Å². The van der Waals surface area contributed by atoms with E-state index in [4.69, 9.17) is 5.73 Å². The van der Waals surface area contributed by atoms with Gasteiger partial charge in [-0.3, -0.25) is 4.90 Å². The zero-order chi connectivity index (χ0) is 9.26. The van der Waals surface area contributed by atoms with Crippen molar-refractivity contribution in [2.24, 2.45) is 5.73 Å². The molecule has 0 unspecified atom stereocenters. The SMILES string of the molecule is N[C@@H]1CN(C2CCCCC2)C[C@@H]1O. The van der Waals surface area contributed by atoms with Crippen LogP contribution in [0.25, 0.3) is 0 Å². The molecule has 0 aromatic rings. The van der Waals surface area contributed by atoms with Crippen molar-refractivity contribution in [3.63, 3.8) is 0 Å².